The number of aromatic nitrogens is 1. The van der Waals surface area contributed by atoms with Gasteiger partial charge in [-0.25, -0.2) is 18.4 Å². The first-order valence-electron chi connectivity index (χ1n) is 9.01. The van der Waals surface area contributed by atoms with Crippen molar-refractivity contribution in [2.75, 3.05) is 18.6 Å². The molecule has 1 atom stereocenters. The zero-order valence-corrected chi connectivity index (χ0v) is 17.1. The van der Waals surface area contributed by atoms with Crippen LogP contribution in [-0.2, 0) is 16.4 Å². The molecule has 27 heavy (non-hydrogen) atoms. The van der Waals surface area contributed by atoms with E-state index in [1.807, 2.05) is 45.0 Å². The van der Waals surface area contributed by atoms with Crippen LogP contribution in [0.2, 0.25) is 0 Å². The summed E-state index contributed by atoms with van der Waals surface area (Å²) in [7, 11) is -2.97. The van der Waals surface area contributed by atoms with Crippen LogP contribution in [0.5, 0.6) is 0 Å². The van der Waals surface area contributed by atoms with Crippen LogP contribution in [-0.4, -0.2) is 44.0 Å². The van der Waals surface area contributed by atoms with E-state index in [1.54, 1.807) is 6.26 Å². The highest BCUT2D eigenvalue weighted by atomic mass is 32.2. The Morgan fingerprint density at radius 1 is 1.30 bits per heavy atom. The van der Waals surface area contributed by atoms with Gasteiger partial charge in [0.05, 0.1) is 12.3 Å². The van der Waals surface area contributed by atoms with Gasteiger partial charge in [0.1, 0.15) is 21.8 Å². The van der Waals surface area contributed by atoms with Gasteiger partial charge in [-0.1, -0.05) is 17.7 Å². The molecule has 0 bridgehead atoms. The van der Waals surface area contributed by atoms with Crippen molar-refractivity contribution in [2.24, 2.45) is 4.99 Å². The second-order valence-corrected chi connectivity index (χ2v) is 8.93. The van der Waals surface area contributed by atoms with E-state index < -0.39 is 9.84 Å². The number of sulfone groups is 1. The summed E-state index contributed by atoms with van der Waals surface area (Å²) in [6, 6.07) is 7.97. The topological polar surface area (TPSA) is 96.6 Å². The normalized spacial score (nSPS) is 13.4. The summed E-state index contributed by atoms with van der Waals surface area (Å²) < 4.78 is 28.2. The Labute approximate surface area is 161 Å². The quantitative estimate of drug-likeness (QED) is 0.529. The van der Waals surface area contributed by atoms with E-state index in [4.69, 9.17) is 4.42 Å². The molecule has 0 radical (unpaired) electrons. The van der Waals surface area contributed by atoms with E-state index in [9.17, 15) is 8.42 Å². The van der Waals surface area contributed by atoms with Gasteiger partial charge in [-0.3, -0.25) is 0 Å². The van der Waals surface area contributed by atoms with Crippen LogP contribution in [0, 0.1) is 6.92 Å². The maximum atomic E-state index is 11.3. The molecule has 8 heteroatoms. The first-order valence-corrected chi connectivity index (χ1v) is 11.1. The van der Waals surface area contributed by atoms with Crippen LogP contribution in [0.1, 0.15) is 31.5 Å². The lowest BCUT2D eigenvalue weighted by Gasteiger charge is -2.17. The average molecular weight is 393 g/mol. The van der Waals surface area contributed by atoms with Gasteiger partial charge in [0, 0.05) is 24.4 Å². The lowest BCUT2D eigenvalue weighted by atomic mass is 10.1. The Morgan fingerprint density at radius 2 is 2.00 bits per heavy atom. The highest BCUT2D eigenvalue weighted by molar-refractivity contribution is 7.90. The van der Waals surface area contributed by atoms with E-state index in [2.05, 4.69) is 20.6 Å². The molecule has 2 N–H and O–H groups in total. The summed E-state index contributed by atoms with van der Waals surface area (Å²) in [5.41, 5.74) is 2.84. The van der Waals surface area contributed by atoms with Crippen molar-refractivity contribution in [1.29, 1.82) is 0 Å². The predicted octanol–water partition coefficient (Wildman–Crippen LogP) is 2.53. The van der Waals surface area contributed by atoms with Crippen LogP contribution in [0.3, 0.4) is 0 Å². The zero-order chi connectivity index (χ0) is 19.9. The molecule has 1 heterocycles. The Hall–Kier alpha value is -2.35. The van der Waals surface area contributed by atoms with E-state index in [1.165, 1.54) is 11.8 Å². The number of hydrogen-bond acceptors (Lipinski definition) is 5. The number of guanidine groups is 1. The van der Waals surface area contributed by atoms with Crippen molar-refractivity contribution < 1.29 is 12.8 Å². The Kier molecular flexibility index (Phi) is 7.41. The third-order valence-corrected chi connectivity index (χ3v) is 4.88. The zero-order valence-electron chi connectivity index (χ0n) is 16.3. The van der Waals surface area contributed by atoms with Crippen LogP contribution in [0.25, 0.3) is 11.5 Å². The highest BCUT2D eigenvalue weighted by Crippen LogP contribution is 2.19. The van der Waals surface area contributed by atoms with Gasteiger partial charge in [0.2, 0.25) is 5.89 Å². The molecule has 0 saturated carbocycles. The molecule has 0 aliphatic carbocycles. The molecule has 0 aliphatic rings. The minimum Gasteiger partial charge on any atom is -0.444 e. The molecule has 2 aromatic rings. The minimum atomic E-state index is -2.97. The monoisotopic (exact) mass is 392 g/mol. The first kappa shape index (κ1) is 21.0. The SMILES string of the molecule is CCNC(=NCc1coc(-c2ccc(C)cc2)n1)NC(C)CCS(C)(=O)=O. The summed E-state index contributed by atoms with van der Waals surface area (Å²) in [5, 5.41) is 6.38. The van der Waals surface area contributed by atoms with Crippen LogP contribution < -0.4 is 10.6 Å². The fourth-order valence-corrected chi connectivity index (χ4v) is 3.17. The van der Waals surface area contributed by atoms with Crippen molar-refractivity contribution >= 4 is 15.8 Å². The molecular weight excluding hydrogens is 364 g/mol. The summed E-state index contributed by atoms with van der Waals surface area (Å²) in [5.74, 6) is 1.34. The van der Waals surface area contributed by atoms with Crippen molar-refractivity contribution in [3.8, 4) is 11.5 Å². The average Bonchev–Trinajstić information content (AvgIpc) is 3.07. The third-order valence-electron chi connectivity index (χ3n) is 3.90. The number of benzene rings is 1. The Morgan fingerprint density at radius 3 is 2.63 bits per heavy atom. The highest BCUT2D eigenvalue weighted by Gasteiger charge is 2.10. The molecule has 1 aromatic heterocycles. The van der Waals surface area contributed by atoms with Crippen LogP contribution in [0.4, 0.5) is 0 Å². The molecule has 0 saturated heterocycles. The molecule has 0 aliphatic heterocycles. The fourth-order valence-electron chi connectivity index (χ4n) is 2.38. The van der Waals surface area contributed by atoms with Crippen LogP contribution in [0.15, 0.2) is 39.9 Å². The summed E-state index contributed by atoms with van der Waals surface area (Å²) >= 11 is 0. The minimum absolute atomic E-state index is 0.0158. The fraction of sp³-hybridized carbons (Fsp3) is 0.474. The Balaban J connectivity index is 1.99. The van der Waals surface area contributed by atoms with Crippen molar-refractivity contribution in [1.82, 2.24) is 15.6 Å². The second-order valence-electron chi connectivity index (χ2n) is 6.67. The lowest BCUT2D eigenvalue weighted by Crippen LogP contribution is -2.42. The van der Waals surface area contributed by atoms with Crippen molar-refractivity contribution in [3.05, 3.63) is 41.8 Å². The number of aryl methyl sites for hydroxylation is 1. The molecule has 0 fully saturated rings. The van der Waals surface area contributed by atoms with Gasteiger partial charge in [0.15, 0.2) is 5.96 Å². The van der Waals surface area contributed by atoms with Crippen molar-refractivity contribution in [2.45, 2.75) is 39.8 Å². The molecule has 7 nitrogen and oxygen atoms in total. The summed E-state index contributed by atoms with van der Waals surface area (Å²) in [4.78, 5) is 8.99. The number of rotatable bonds is 8. The standard InChI is InChI=1S/C19H28N4O3S/c1-5-20-19(22-15(3)10-11-27(4,24)25)21-12-17-13-26-18(23-17)16-8-6-14(2)7-9-16/h6-9,13,15H,5,10-12H2,1-4H3,(H2,20,21,22). The lowest BCUT2D eigenvalue weighted by molar-refractivity contribution is 0.572. The predicted molar refractivity (Wildman–Crippen MR) is 108 cm³/mol. The molecule has 148 valence electrons. The molecule has 0 amide bonds. The first-order chi connectivity index (χ1) is 12.8. The molecule has 0 spiro atoms. The smallest absolute Gasteiger partial charge is 0.226 e. The number of nitrogens with one attached hydrogen (secondary N) is 2. The Bertz CT molecular complexity index is 857. The van der Waals surface area contributed by atoms with E-state index in [0.717, 1.165) is 11.3 Å². The number of aliphatic imine (C=N–C) groups is 1. The summed E-state index contributed by atoms with van der Waals surface area (Å²) in [6.07, 6.45) is 3.37. The largest absolute Gasteiger partial charge is 0.444 e. The maximum Gasteiger partial charge on any atom is 0.226 e. The maximum absolute atomic E-state index is 11.3. The van der Waals surface area contributed by atoms with Gasteiger partial charge >= 0.3 is 0 Å². The van der Waals surface area contributed by atoms with Gasteiger partial charge in [-0.15, -0.1) is 0 Å². The van der Waals surface area contributed by atoms with Crippen LogP contribution >= 0.6 is 0 Å². The molecule has 1 aromatic carbocycles. The van der Waals surface area contributed by atoms with E-state index in [0.29, 0.717) is 31.4 Å². The molecular formula is C19H28N4O3S. The number of nitrogens with zero attached hydrogens (tertiary/aromatic N) is 2. The van der Waals surface area contributed by atoms with Gasteiger partial charge in [0.25, 0.3) is 0 Å². The van der Waals surface area contributed by atoms with Gasteiger partial charge in [-0.05, 0) is 39.3 Å². The third kappa shape index (κ3) is 7.42. The van der Waals surface area contributed by atoms with Gasteiger partial charge < -0.3 is 15.1 Å². The van der Waals surface area contributed by atoms with E-state index >= 15 is 0 Å². The van der Waals surface area contributed by atoms with Crippen molar-refractivity contribution in [3.63, 3.8) is 0 Å². The molecule has 1 unspecified atom stereocenters. The van der Waals surface area contributed by atoms with Gasteiger partial charge in [-0.2, -0.15) is 0 Å². The number of oxazole rings is 1. The second kappa shape index (κ2) is 9.55. The number of hydrogen-bond donors (Lipinski definition) is 2. The van der Waals surface area contributed by atoms with E-state index in [-0.39, 0.29) is 11.8 Å². The summed E-state index contributed by atoms with van der Waals surface area (Å²) in [6.45, 7) is 7.01. The molecule has 2 rings (SSSR count).